The van der Waals surface area contributed by atoms with Crippen LogP contribution < -0.4 is 4.90 Å². The quantitative estimate of drug-likeness (QED) is 0.849. The van der Waals surface area contributed by atoms with Crippen molar-refractivity contribution in [2.75, 3.05) is 31.1 Å². The van der Waals surface area contributed by atoms with Crippen LogP contribution in [0.5, 0.6) is 0 Å². The maximum absolute atomic E-state index is 12.4. The summed E-state index contributed by atoms with van der Waals surface area (Å²) in [4.78, 5) is 21.6. The summed E-state index contributed by atoms with van der Waals surface area (Å²) in [6.45, 7) is 3.25. The number of anilines is 1. The number of carbonyl (C=O) groups is 1. The van der Waals surface area contributed by atoms with E-state index in [-0.39, 0.29) is 5.91 Å². The molecule has 2 aromatic rings. The van der Waals surface area contributed by atoms with Crippen LogP contribution in [0, 0.1) is 0 Å². The van der Waals surface area contributed by atoms with Gasteiger partial charge in [-0.2, -0.15) is 0 Å². The zero-order valence-electron chi connectivity index (χ0n) is 10.8. The second kappa shape index (κ2) is 6.11. The molecular weight excluding hydrogens is 314 g/mol. The van der Waals surface area contributed by atoms with Crippen molar-refractivity contribution in [3.05, 3.63) is 32.9 Å². The van der Waals surface area contributed by atoms with E-state index in [0.29, 0.717) is 16.4 Å². The molecule has 7 heteroatoms. The molecule has 1 saturated heterocycles. The second-order valence-electron chi connectivity index (χ2n) is 4.55. The Bertz CT molecular complexity index is 584. The fourth-order valence-corrected chi connectivity index (χ4v) is 4.07. The number of rotatable bonds is 2. The zero-order valence-corrected chi connectivity index (χ0v) is 13.2. The molecule has 0 radical (unpaired) electrons. The van der Waals surface area contributed by atoms with Gasteiger partial charge in [0.1, 0.15) is 4.88 Å². The summed E-state index contributed by atoms with van der Waals surface area (Å²) in [5.74, 6) is 0.0472. The Kier molecular flexibility index (Phi) is 4.24. The molecule has 1 fully saturated rings. The predicted molar refractivity (Wildman–Crippen MR) is 84.2 cm³/mol. The minimum absolute atomic E-state index is 0.0472. The summed E-state index contributed by atoms with van der Waals surface area (Å²) in [5.41, 5.74) is 0. The van der Waals surface area contributed by atoms with Gasteiger partial charge in [-0.1, -0.05) is 11.6 Å². The smallest absolute Gasteiger partial charge is 0.265 e. The van der Waals surface area contributed by atoms with Crippen molar-refractivity contribution in [1.29, 1.82) is 0 Å². The third-order valence-electron chi connectivity index (χ3n) is 3.28. The van der Waals surface area contributed by atoms with Crippen LogP contribution in [-0.2, 0) is 0 Å². The van der Waals surface area contributed by atoms with Gasteiger partial charge in [0.15, 0.2) is 5.13 Å². The number of hydrogen-bond donors (Lipinski definition) is 0. The second-order valence-corrected chi connectivity index (χ2v) is 6.74. The number of thiophene rings is 1. The predicted octanol–water partition coefficient (Wildman–Crippen LogP) is 3.21. The van der Waals surface area contributed by atoms with Gasteiger partial charge in [-0.25, -0.2) is 4.98 Å². The van der Waals surface area contributed by atoms with Crippen LogP contribution in [0.25, 0.3) is 0 Å². The van der Waals surface area contributed by atoms with E-state index >= 15 is 0 Å². The van der Waals surface area contributed by atoms with E-state index in [1.165, 1.54) is 11.3 Å². The first-order chi connectivity index (χ1) is 9.75. The monoisotopic (exact) mass is 327 g/mol. The highest BCUT2D eigenvalue weighted by Crippen LogP contribution is 2.25. The molecule has 0 aromatic carbocycles. The minimum Gasteiger partial charge on any atom is -0.346 e. The van der Waals surface area contributed by atoms with E-state index in [0.717, 1.165) is 31.2 Å². The Morgan fingerprint density at radius 2 is 2.10 bits per heavy atom. The van der Waals surface area contributed by atoms with Crippen molar-refractivity contribution >= 4 is 45.3 Å². The number of carbonyl (C=O) groups excluding carboxylic acids is 1. The molecular formula is C13H14ClN3OS2. The first kappa shape index (κ1) is 13.9. The molecule has 3 rings (SSSR count). The van der Waals surface area contributed by atoms with E-state index in [2.05, 4.69) is 9.88 Å². The van der Waals surface area contributed by atoms with Crippen molar-refractivity contribution < 1.29 is 4.79 Å². The molecule has 1 aliphatic heterocycles. The molecule has 3 heterocycles. The summed E-state index contributed by atoms with van der Waals surface area (Å²) in [6.07, 6.45) is 2.77. The third-order valence-corrected chi connectivity index (χ3v) is 5.45. The molecule has 0 spiro atoms. The third kappa shape index (κ3) is 2.82. The summed E-state index contributed by atoms with van der Waals surface area (Å²) in [5, 5.41) is 5.43. The van der Waals surface area contributed by atoms with Gasteiger partial charge in [-0.3, -0.25) is 4.79 Å². The number of aromatic nitrogens is 1. The van der Waals surface area contributed by atoms with Crippen LogP contribution in [0.1, 0.15) is 16.1 Å². The van der Waals surface area contributed by atoms with E-state index < -0.39 is 0 Å². The maximum Gasteiger partial charge on any atom is 0.265 e. The van der Waals surface area contributed by atoms with Gasteiger partial charge >= 0.3 is 0 Å². The Morgan fingerprint density at radius 3 is 2.80 bits per heavy atom. The van der Waals surface area contributed by atoms with Gasteiger partial charge in [-0.15, -0.1) is 22.7 Å². The number of amides is 1. The Labute approximate surface area is 130 Å². The van der Waals surface area contributed by atoms with Crippen molar-refractivity contribution in [2.45, 2.75) is 6.42 Å². The highest BCUT2D eigenvalue weighted by Gasteiger charge is 2.23. The average Bonchev–Trinajstić information content (AvgIpc) is 3.05. The molecule has 1 aliphatic rings. The molecule has 1 amide bonds. The van der Waals surface area contributed by atoms with Crippen LogP contribution in [0.2, 0.25) is 5.02 Å². The summed E-state index contributed by atoms with van der Waals surface area (Å²) < 4.78 is 0. The standard InChI is InChI=1S/C13H14ClN3OS2/c14-10-2-8-19-11(10)12(18)16-4-1-5-17(7-6-16)13-15-3-9-20-13/h2-3,8-9H,1,4-7H2. The van der Waals surface area contributed by atoms with E-state index in [4.69, 9.17) is 11.6 Å². The average molecular weight is 328 g/mol. The van der Waals surface area contributed by atoms with Crippen molar-refractivity contribution in [3.8, 4) is 0 Å². The van der Waals surface area contributed by atoms with Gasteiger partial charge in [0.05, 0.1) is 5.02 Å². The van der Waals surface area contributed by atoms with E-state index in [1.807, 2.05) is 21.9 Å². The largest absolute Gasteiger partial charge is 0.346 e. The fourth-order valence-electron chi connectivity index (χ4n) is 2.27. The van der Waals surface area contributed by atoms with Crippen LogP contribution in [0.3, 0.4) is 0 Å². The minimum atomic E-state index is 0.0472. The molecule has 0 N–H and O–H groups in total. The first-order valence-corrected chi connectivity index (χ1v) is 8.56. The van der Waals surface area contributed by atoms with Crippen LogP contribution in [0.4, 0.5) is 5.13 Å². The van der Waals surface area contributed by atoms with Gasteiger partial charge < -0.3 is 9.80 Å². The lowest BCUT2D eigenvalue weighted by molar-refractivity contribution is 0.0772. The summed E-state index contributed by atoms with van der Waals surface area (Å²) in [7, 11) is 0. The first-order valence-electron chi connectivity index (χ1n) is 6.42. The number of thiazole rings is 1. The topological polar surface area (TPSA) is 36.4 Å². The maximum atomic E-state index is 12.4. The van der Waals surface area contributed by atoms with Gasteiger partial charge in [0, 0.05) is 37.8 Å². The molecule has 20 heavy (non-hydrogen) atoms. The summed E-state index contributed by atoms with van der Waals surface area (Å²) >= 11 is 9.10. The van der Waals surface area contributed by atoms with Crippen LogP contribution in [-0.4, -0.2) is 42.0 Å². The highest BCUT2D eigenvalue weighted by atomic mass is 35.5. The number of hydrogen-bond acceptors (Lipinski definition) is 5. The lowest BCUT2D eigenvalue weighted by atomic mass is 10.3. The van der Waals surface area contributed by atoms with Crippen molar-refractivity contribution in [2.24, 2.45) is 0 Å². The number of halogens is 1. The van der Waals surface area contributed by atoms with Crippen molar-refractivity contribution in [1.82, 2.24) is 9.88 Å². The Hall–Kier alpha value is -1.11. The molecule has 0 atom stereocenters. The molecule has 4 nitrogen and oxygen atoms in total. The van der Waals surface area contributed by atoms with Crippen LogP contribution in [0.15, 0.2) is 23.0 Å². The van der Waals surface area contributed by atoms with Gasteiger partial charge in [0.2, 0.25) is 0 Å². The SMILES string of the molecule is O=C(c1sccc1Cl)N1CCCN(c2nccs2)CC1. The normalized spacial score (nSPS) is 16.2. The molecule has 0 saturated carbocycles. The Balaban J connectivity index is 1.68. The lowest BCUT2D eigenvalue weighted by Crippen LogP contribution is -2.34. The summed E-state index contributed by atoms with van der Waals surface area (Å²) in [6, 6.07) is 1.78. The highest BCUT2D eigenvalue weighted by molar-refractivity contribution is 7.13. The molecule has 106 valence electrons. The van der Waals surface area contributed by atoms with Gasteiger partial charge in [0.25, 0.3) is 5.91 Å². The van der Waals surface area contributed by atoms with Crippen molar-refractivity contribution in [3.63, 3.8) is 0 Å². The zero-order chi connectivity index (χ0) is 13.9. The molecule has 0 aliphatic carbocycles. The lowest BCUT2D eigenvalue weighted by Gasteiger charge is -2.21. The number of nitrogens with zero attached hydrogens (tertiary/aromatic N) is 3. The molecule has 2 aromatic heterocycles. The molecule has 0 bridgehead atoms. The fraction of sp³-hybridized carbons (Fsp3) is 0.385. The van der Waals surface area contributed by atoms with E-state index in [1.54, 1.807) is 17.4 Å². The van der Waals surface area contributed by atoms with E-state index in [9.17, 15) is 4.79 Å². The Morgan fingerprint density at radius 1 is 1.20 bits per heavy atom. The van der Waals surface area contributed by atoms with Crippen LogP contribution >= 0.6 is 34.3 Å². The molecule has 0 unspecified atom stereocenters. The van der Waals surface area contributed by atoms with Gasteiger partial charge in [-0.05, 0) is 17.9 Å².